The topological polar surface area (TPSA) is 79.4 Å². The number of methoxy groups -OCH3 is 1. The molecule has 1 aliphatic carbocycles. The summed E-state index contributed by atoms with van der Waals surface area (Å²) < 4.78 is 40.5. The molecule has 260 valence electrons. The Bertz CT molecular complexity index is 1400. The van der Waals surface area contributed by atoms with Crippen molar-refractivity contribution >= 4 is 15.9 Å². The van der Waals surface area contributed by atoms with Gasteiger partial charge in [0.2, 0.25) is 15.9 Å². The van der Waals surface area contributed by atoms with Crippen molar-refractivity contribution in [3.05, 3.63) is 59.2 Å². The molecule has 2 saturated heterocycles. The van der Waals surface area contributed by atoms with Gasteiger partial charge in [-0.2, -0.15) is 4.31 Å². The highest BCUT2D eigenvalue weighted by Crippen LogP contribution is 2.42. The molecule has 1 amide bonds. The second-order valence-electron chi connectivity index (χ2n) is 14.4. The molecule has 1 saturated carbocycles. The van der Waals surface area contributed by atoms with Gasteiger partial charge in [-0.15, -0.1) is 0 Å². The molecule has 1 atom stereocenters. The number of benzene rings is 2. The van der Waals surface area contributed by atoms with Gasteiger partial charge in [-0.1, -0.05) is 36.8 Å². The molecular formula is C38H57N3O5S. The Morgan fingerprint density at radius 1 is 0.957 bits per heavy atom. The molecule has 3 fully saturated rings. The summed E-state index contributed by atoms with van der Waals surface area (Å²) in [6, 6.07) is 14.3. The van der Waals surface area contributed by atoms with E-state index in [1.165, 1.54) is 57.2 Å². The zero-order chi connectivity index (χ0) is 33.4. The molecule has 8 nitrogen and oxygen atoms in total. The summed E-state index contributed by atoms with van der Waals surface area (Å²) in [7, 11) is -0.272. The third kappa shape index (κ3) is 8.77. The minimum Gasteiger partial charge on any atom is -0.497 e. The van der Waals surface area contributed by atoms with Crippen LogP contribution < -0.4 is 4.74 Å². The van der Waals surface area contributed by atoms with Gasteiger partial charge < -0.3 is 14.4 Å². The number of rotatable bonds is 14. The Morgan fingerprint density at radius 3 is 2.28 bits per heavy atom. The maximum atomic E-state index is 13.8. The molecule has 2 aromatic carbocycles. The van der Waals surface area contributed by atoms with Gasteiger partial charge >= 0.3 is 0 Å². The van der Waals surface area contributed by atoms with E-state index in [1.807, 2.05) is 20.9 Å². The van der Waals surface area contributed by atoms with Crippen molar-refractivity contribution in [2.24, 2.45) is 5.92 Å². The molecule has 0 bridgehead atoms. The van der Waals surface area contributed by atoms with Crippen LogP contribution in [0.5, 0.6) is 5.75 Å². The Balaban J connectivity index is 1.06. The number of carbonyl (C=O) groups excluding carboxylic acids is 1. The summed E-state index contributed by atoms with van der Waals surface area (Å²) in [5, 5.41) is 0. The fraction of sp³-hybridized carbons (Fsp3) is 0.658. The van der Waals surface area contributed by atoms with E-state index in [-0.39, 0.29) is 25.2 Å². The number of aryl methyl sites for hydroxylation is 2. The highest BCUT2D eigenvalue weighted by Gasteiger charge is 2.41. The number of nitrogens with zero attached hydrogens (tertiary/aromatic N) is 3. The van der Waals surface area contributed by atoms with Gasteiger partial charge in [-0.05, 0) is 132 Å². The minimum atomic E-state index is -3.72. The van der Waals surface area contributed by atoms with Crippen LogP contribution in [0.3, 0.4) is 0 Å². The largest absolute Gasteiger partial charge is 0.497 e. The quantitative estimate of drug-likeness (QED) is 0.233. The van der Waals surface area contributed by atoms with Crippen LogP contribution in [0, 0.1) is 19.8 Å². The summed E-state index contributed by atoms with van der Waals surface area (Å²) in [5.41, 5.74) is 3.11. The number of amides is 1. The summed E-state index contributed by atoms with van der Waals surface area (Å²) in [6.07, 6.45) is 13.5. The first-order chi connectivity index (χ1) is 22.6. The molecule has 0 radical (unpaired) electrons. The lowest BCUT2D eigenvalue weighted by Crippen LogP contribution is -2.51. The monoisotopic (exact) mass is 667 g/mol. The van der Waals surface area contributed by atoms with Crippen molar-refractivity contribution in [3.8, 4) is 5.75 Å². The maximum Gasteiger partial charge on any atom is 0.248 e. The molecule has 47 heavy (non-hydrogen) atoms. The molecule has 2 aromatic rings. The smallest absolute Gasteiger partial charge is 0.248 e. The first kappa shape index (κ1) is 35.8. The third-order valence-electron chi connectivity index (χ3n) is 11.1. The van der Waals surface area contributed by atoms with Crippen LogP contribution in [0.1, 0.15) is 87.3 Å². The summed E-state index contributed by atoms with van der Waals surface area (Å²) in [6.45, 7) is 7.48. The van der Waals surface area contributed by atoms with Crippen molar-refractivity contribution in [2.75, 3.05) is 53.6 Å². The van der Waals surface area contributed by atoms with Crippen LogP contribution in [0.2, 0.25) is 0 Å². The average molecular weight is 668 g/mol. The average Bonchev–Trinajstić information content (AvgIpc) is 3.62. The van der Waals surface area contributed by atoms with E-state index in [2.05, 4.69) is 35.2 Å². The molecule has 0 aromatic heterocycles. The van der Waals surface area contributed by atoms with E-state index in [9.17, 15) is 13.2 Å². The van der Waals surface area contributed by atoms with Gasteiger partial charge in [-0.25, -0.2) is 8.42 Å². The van der Waals surface area contributed by atoms with Crippen LogP contribution in [-0.2, 0) is 26.0 Å². The van der Waals surface area contributed by atoms with Crippen LogP contribution in [0.15, 0.2) is 47.4 Å². The normalized spacial score (nSPS) is 24.3. The molecule has 3 aliphatic rings. The number of likely N-dealkylation sites (tertiary alicyclic amines) is 1. The fourth-order valence-corrected chi connectivity index (χ4v) is 10.5. The molecule has 5 rings (SSSR count). The van der Waals surface area contributed by atoms with Gasteiger partial charge in [0.25, 0.3) is 0 Å². The van der Waals surface area contributed by atoms with Gasteiger partial charge in [0.05, 0.1) is 18.6 Å². The number of carbonyl (C=O) groups is 1. The van der Waals surface area contributed by atoms with Crippen LogP contribution in [0.25, 0.3) is 0 Å². The van der Waals surface area contributed by atoms with Gasteiger partial charge in [-0.3, -0.25) is 9.69 Å². The van der Waals surface area contributed by atoms with Gasteiger partial charge in [0, 0.05) is 31.7 Å². The lowest BCUT2D eigenvalue weighted by atomic mass is 9.71. The molecule has 2 heterocycles. The van der Waals surface area contributed by atoms with E-state index >= 15 is 0 Å². The Labute approximate surface area is 283 Å². The molecule has 1 unspecified atom stereocenters. The molecule has 2 aliphatic heterocycles. The zero-order valence-electron chi connectivity index (χ0n) is 29.2. The lowest BCUT2D eigenvalue weighted by Gasteiger charge is -2.47. The van der Waals surface area contributed by atoms with Crippen molar-refractivity contribution in [2.45, 2.75) is 107 Å². The van der Waals surface area contributed by atoms with Crippen LogP contribution in [0.4, 0.5) is 0 Å². The SMILES string of the molecule is COc1cc(C)c(S(=O)(=O)N2CCCCC2COCC(=O)N(C)CCCC2CCC(Cc3ccccc3)(N3CCCC3)CC2)c(C)c1. The van der Waals surface area contributed by atoms with E-state index in [4.69, 9.17) is 9.47 Å². The zero-order valence-corrected chi connectivity index (χ0v) is 30.0. The van der Waals surface area contributed by atoms with Crippen molar-refractivity contribution in [1.29, 1.82) is 0 Å². The third-order valence-corrected chi connectivity index (χ3v) is 13.3. The maximum absolute atomic E-state index is 13.8. The Morgan fingerprint density at radius 2 is 1.62 bits per heavy atom. The van der Waals surface area contributed by atoms with Gasteiger partial charge in [0.15, 0.2) is 0 Å². The summed E-state index contributed by atoms with van der Waals surface area (Å²) in [4.78, 5) is 17.9. The number of hydrogen-bond acceptors (Lipinski definition) is 6. The molecule has 9 heteroatoms. The number of ether oxygens (including phenoxy) is 2. The molecule has 0 spiro atoms. The van der Waals surface area contributed by atoms with Crippen molar-refractivity contribution in [1.82, 2.24) is 14.1 Å². The molecular weight excluding hydrogens is 611 g/mol. The highest BCUT2D eigenvalue weighted by molar-refractivity contribution is 7.89. The number of hydrogen-bond donors (Lipinski definition) is 0. The second kappa shape index (κ2) is 16.3. The van der Waals surface area contributed by atoms with Gasteiger partial charge in [0.1, 0.15) is 12.4 Å². The first-order valence-electron chi connectivity index (χ1n) is 17.9. The van der Waals surface area contributed by atoms with E-state index in [0.717, 1.165) is 51.0 Å². The van der Waals surface area contributed by atoms with E-state index in [0.29, 0.717) is 33.9 Å². The number of sulfonamides is 1. The predicted octanol–water partition coefficient (Wildman–Crippen LogP) is 6.38. The van der Waals surface area contributed by atoms with Crippen LogP contribution >= 0.6 is 0 Å². The second-order valence-corrected chi connectivity index (χ2v) is 16.2. The predicted molar refractivity (Wildman–Crippen MR) is 187 cm³/mol. The fourth-order valence-electron chi connectivity index (χ4n) is 8.42. The number of likely N-dealkylation sites (N-methyl/N-ethyl adjacent to an activating group) is 1. The summed E-state index contributed by atoms with van der Waals surface area (Å²) in [5.74, 6) is 1.33. The highest BCUT2D eigenvalue weighted by atomic mass is 32.2. The van der Waals surface area contributed by atoms with Crippen molar-refractivity contribution in [3.63, 3.8) is 0 Å². The standard InChI is InChI=1S/C38H57N3O5S/c1-30-25-35(45-4)26-31(2)37(30)47(43,44)41-24-9-8-16-34(41)28-46-29-36(42)39(3)21-12-15-32-17-19-38(20-18-32,40-22-10-11-23-40)27-33-13-6-5-7-14-33/h5-7,13-14,25-26,32,34H,8-12,15-24,27-29H2,1-4H3. The lowest BCUT2D eigenvalue weighted by molar-refractivity contribution is -0.135. The molecule has 0 N–H and O–H groups in total. The Hall–Kier alpha value is -2.46. The van der Waals surface area contributed by atoms with Crippen molar-refractivity contribution < 1.29 is 22.7 Å². The number of piperidine rings is 1. The summed E-state index contributed by atoms with van der Waals surface area (Å²) >= 11 is 0. The van der Waals surface area contributed by atoms with E-state index < -0.39 is 10.0 Å². The minimum absolute atomic E-state index is 0.0251. The Kier molecular flexibility index (Phi) is 12.4. The first-order valence-corrected chi connectivity index (χ1v) is 19.3. The van der Waals surface area contributed by atoms with Crippen LogP contribution in [-0.4, -0.2) is 93.6 Å². The van der Waals surface area contributed by atoms with E-state index in [1.54, 1.807) is 28.4 Å².